The highest BCUT2D eigenvalue weighted by atomic mass is 127. The number of nitrogens with one attached hydrogen (secondary N) is 2. The number of rotatable bonds is 9. The molecular formula is C20H24F4IN3O3. The molecule has 31 heavy (non-hydrogen) atoms. The Bertz CT molecular complexity index is 870. The Morgan fingerprint density at radius 3 is 2.13 bits per heavy atom. The second-order valence-electron chi connectivity index (χ2n) is 6.13. The van der Waals surface area contributed by atoms with Crippen LogP contribution in [0, 0.1) is 6.92 Å². The van der Waals surface area contributed by atoms with Crippen molar-refractivity contribution in [3.63, 3.8) is 0 Å². The number of nitrogens with zero attached hydrogens (tertiary/aromatic N) is 1. The first kappa shape index (κ1) is 26.6. The molecule has 2 aromatic carbocycles. The van der Waals surface area contributed by atoms with Crippen LogP contribution in [0.4, 0.5) is 17.6 Å². The summed E-state index contributed by atoms with van der Waals surface area (Å²) in [5, 5.41) is 6.02. The monoisotopic (exact) mass is 557 g/mol. The quantitative estimate of drug-likeness (QED) is 0.203. The third kappa shape index (κ3) is 8.67. The summed E-state index contributed by atoms with van der Waals surface area (Å²) in [6.07, 6.45) is 0. The van der Waals surface area contributed by atoms with Crippen LogP contribution in [0.15, 0.2) is 41.4 Å². The highest BCUT2D eigenvalue weighted by Gasteiger charge is 2.13. The molecule has 0 aliphatic carbocycles. The molecule has 0 atom stereocenters. The number of halogens is 5. The predicted molar refractivity (Wildman–Crippen MR) is 120 cm³/mol. The van der Waals surface area contributed by atoms with E-state index < -0.39 is 13.2 Å². The van der Waals surface area contributed by atoms with E-state index in [2.05, 4.69) is 25.1 Å². The van der Waals surface area contributed by atoms with Crippen molar-refractivity contribution in [3.05, 3.63) is 53.1 Å². The first-order chi connectivity index (χ1) is 14.3. The van der Waals surface area contributed by atoms with Gasteiger partial charge in [-0.25, -0.2) is 0 Å². The molecule has 0 radical (unpaired) electrons. The van der Waals surface area contributed by atoms with Crippen molar-refractivity contribution in [3.8, 4) is 17.2 Å². The Morgan fingerprint density at radius 2 is 1.52 bits per heavy atom. The molecule has 0 fully saturated rings. The molecule has 0 bridgehead atoms. The van der Waals surface area contributed by atoms with Crippen LogP contribution in [0.3, 0.4) is 0 Å². The van der Waals surface area contributed by atoms with Gasteiger partial charge in [-0.15, -0.1) is 24.0 Å². The van der Waals surface area contributed by atoms with Gasteiger partial charge in [0.05, 0.1) is 7.11 Å². The van der Waals surface area contributed by atoms with Crippen molar-refractivity contribution < 1.29 is 31.8 Å². The summed E-state index contributed by atoms with van der Waals surface area (Å²) in [5.74, 6) is 0.560. The van der Waals surface area contributed by atoms with Crippen LogP contribution < -0.4 is 24.8 Å². The molecule has 0 saturated heterocycles. The number of methoxy groups -OCH3 is 1. The second-order valence-corrected chi connectivity index (χ2v) is 6.13. The molecule has 2 rings (SSSR count). The molecule has 0 aliphatic heterocycles. The summed E-state index contributed by atoms with van der Waals surface area (Å²) in [5.41, 5.74) is 2.07. The number of aliphatic imine (C=N–C) groups is 1. The lowest BCUT2D eigenvalue weighted by Crippen LogP contribution is -2.36. The molecule has 0 saturated carbocycles. The molecule has 2 aromatic rings. The van der Waals surface area contributed by atoms with Crippen molar-refractivity contribution in [1.82, 2.24) is 10.6 Å². The molecule has 0 aliphatic rings. The van der Waals surface area contributed by atoms with Crippen molar-refractivity contribution in [2.24, 2.45) is 4.99 Å². The fraction of sp³-hybridized carbons (Fsp3) is 0.350. The topological polar surface area (TPSA) is 64.1 Å². The van der Waals surface area contributed by atoms with E-state index in [4.69, 9.17) is 4.74 Å². The van der Waals surface area contributed by atoms with Gasteiger partial charge in [-0.3, -0.25) is 4.99 Å². The second kappa shape index (κ2) is 13.1. The van der Waals surface area contributed by atoms with Crippen LogP contribution in [-0.4, -0.2) is 33.3 Å². The zero-order valence-corrected chi connectivity index (χ0v) is 19.5. The molecule has 6 nitrogen and oxygen atoms in total. The highest BCUT2D eigenvalue weighted by molar-refractivity contribution is 14.0. The van der Waals surface area contributed by atoms with Gasteiger partial charge in [0.2, 0.25) is 0 Å². The number of guanidine groups is 1. The van der Waals surface area contributed by atoms with E-state index in [0.717, 1.165) is 5.56 Å². The van der Waals surface area contributed by atoms with Crippen LogP contribution in [-0.2, 0) is 13.1 Å². The van der Waals surface area contributed by atoms with Gasteiger partial charge in [0, 0.05) is 25.7 Å². The minimum Gasteiger partial charge on any atom is -0.493 e. The third-order valence-electron chi connectivity index (χ3n) is 4.01. The Morgan fingerprint density at radius 1 is 0.903 bits per heavy atom. The van der Waals surface area contributed by atoms with Crippen molar-refractivity contribution in [1.29, 1.82) is 0 Å². The number of ether oxygens (including phenoxy) is 3. The van der Waals surface area contributed by atoms with E-state index in [1.807, 2.05) is 6.92 Å². The molecule has 2 N–H and O–H groups in total. The lowest BCUT2D eigenvalue weighted by atomic mass is 10.1. The number of benzene rings is 2. The smallest absolute Gasteiger partial charge is 0.387 e. The first-order valence-corrected chi connectivity index (χ1v) is 8.93. The van der Waals surface area contributed by atoms with E-state index in [9.17, 15) is 17.6 Å². The van der Waals surface area contributed by atoms with Gasteiger partial charge in [0.25, 0.3) is 0 Å². The Kier molecular flexibility index (Phi) is 11.2. The largest absolute Gasteiger partial charge is 0.493 e. The van der Waals surface area contributed by atoms with E-state index >= 15 is 0 Å². The third-order valence-corrected chi connectivity index (χ3v) is 4.01. The molecule has 0 spiro atoms. The molecule has 0 aromatic heterocycles. The first-order valence-electron chi connectivity index (χ1n) is 8.93. The number of alkyl halides is 4. The fourth-order valence-corrected chi connectivity index (χ4v) is 2.66. The number of hydrogen-bond acceptors (Lipinski definition) is 4. The predicted octanol–water partition coefficient (Wildman–Crippen LogP) is 4.69. The van der Waals surface area contributed by atoms with Crippen LogP contribution in [0.1, 0.15) is 16.7 Å². The average molecular weight is 557 g/mol. The SMILES string of the molecule is CN=C(NCc1ccc(OC)c(OC(F)F)c1)NCc1cc(C)ccc1OC(F)F.I. The van der Waals surface area contributed by atoms with Gasteiger partial charge in [-0.05, 0) is 30.7 Å². The molecule has 172 valence electrons. The van der Waals surface area contributed by atoms with Gasteiger partial charge in [0.15, 0.2) is 17.5 Å². The summed E-state index contributed by atoms with van der Waals surface area (Å²) in [4.78, 5) is 4.07. The van der Waals surface area contributed by atoms with Gasteiger partial charge < -0.3 is 24.8 Å². The van der Waals surface area contributed by atoms with Crippen molar-refractivity contribution >= 4 is 29.9 Å². The normalized spacial score (nSPS) is 11.2. The molecule has 0 amide bonds. The maximum Gasteiger partial charge on any atom is 0.387 e. The Balaban J connectivity index is 0.00000480. The Labute approximate surface area is 195 Å². The summed E-state index contributed by atoms with van der Waals surface area (Å²) in [7, 11) is 2.90. The van der Waals surface area contributed by atoms with E-state index in [0.29, 0.717) is 17.1 Å². The van der Waals surface area contributed by atoms with Gasteiger partial charge in [-0.1, -0.05) is 23.8 Å². The van der Waals surface area contributed by atoms with Crippen LogP contribution in [0.2, 0.25) is 0 Å². The van der Waals surface area contributed by atoms with Crippen molar-refractivity contribution in [2.75, 3.05) is 14.2 Å². The lowest BCUT2D eigenvalue weighted by molar-refractivity contribution is -0.0516. The van der Waals surface area contributed by atoms with E-state index in [1.54, 1.807) is 25.2 Å². The zero-order chi connectivity index (χ0) is 22.1. The minimum absolute atomic E-state index is 0. The van der Waals surface area contributed by atoms with E-state index in [1.165, 1.54) is 25.3 Å². The highest BCUT2D eigenvalue weighted by Crippen LogP contribution is 2.29. The summed E-state index contributed by atoms with van der Waals surface area (Å²) in [6.45, 7) is -3.63. The van der Waals surface area contributed by atoms with Gasteiger partial charge >= 0.3 is 13.2 Å². The average Bonchev–Trinajstić information content (AvgIpc) is 2.69. The standard InChI is InChI=1S/C20H23F4N3O3.HI/c1-12-4-6-15(29-18(21)22)14(8-12)11-27-20(25-2)26-10-13-5-7-16(28-3)17(9-13)30-19(23)24;/h4-9,18-19H,10-11H2,1-3H3,(H2,25,26,27);1H. The minimum atomic E-state index is -2.98. The zero-order valence-electron chi connectivity index (χ0n) is 17.1. The van der Waals surface area contributed by atoms with Gasteiger partial charge in [-0.2, -0.15) is 17.6 Å². The molecule has 0 unspecified atom stereocenters. The van der Waals surface area contributed by atoms with Crippen LogP contribution in [0.5, 0.6) is 17.2 Å². The fourth-order valence-electron chi connectivity index (χ4n) is 2.66. The Hall–Kier alpha value is -2.44. The van der Waals surface area contributed by atoms with Crippen LogP contribution in [0.25, 0.3) is 0 Å². The van der Waals surface area contributed by atoms with E-state index in [-0.39, 0.29) is 54.3 Å². The van der Waals surface area contributed by atoms with Gasteiger partial charge in [0.1, 0.15) is 5.75 Å². The molecule has 11 heteroatoms. The van der Waals surface area contributed by atoms with Crippen LogP contribution >= 0.6 is 24.0 Å². The molecule has 0 heterocycles. The van der Waals surface area contributed by atoms with Crippen molar-refractivity contribution in [2.45, 2.75) is 33.2 Å². The lowest BCUT2D eigenvalue weighted by Gasteiger charge is -2.16. The summed E-state index contributed by atoms with van der Waals surface area (Å²) in [6, 6.07) is 9.53. The number of hydrogen-bond donors (Lipinski definition) is 2. The molecular weight excluding hydrogens is 533 g/mol. The summed E-state index contributed by atoms with van der Waals surface area (Å²) < 4.78 is 64.3. The maximum absolute atomic E-state index is 12.6. The number of aryl methyl sites for hydroxylation is 1. The maximum atomic E-state index is 12.6. The summed E-state index contributed by atoms with van der Waals surface area (Å²) >= 11 is 0.